The molecule has 0 atom stereocenters. The number of benzene rings is 1. The highest BCUT2D eigenvalue weighted by Crippen LogP contribution is 2.20. The lowest BCUT2D eigenvalue weighted by atomic mass is 10.1. The average molecular weight is 341 g/mol. The average Bonchev–Trinajstić information content (AvgIpc) is 3.11. The first-order chi connectivity index (χ1) is 11.7. The summed E-state index contributed by atoms with van der Waals surface area (Å²) in [5.74, 6) is 0.0241. The number of fused-ring (bicyclic) bond motifs is 1. The molecule has 3 aromatic rings. The van der Waals surface area contributed by atoms with Gasteiger partial charge >= 0.3 is 0 Å². The third kappa shape index (κ3) is 3.90. The number of aromatic nitrogens is 2. The van der Waals surface area contributed by atoms with E-state index in [0.29, 0.717) is 25.3 Å². The van der Waals surface area contributed by atoms with E-state index in [1.165, 1.54) is 11.3 Å². The molecule has 0 radical (unpaired) electrons. The second-order valence-electron chi connectivity index (χ2n) is 5.37. The van der Waals surface area contributed by atoms with Gasteiger partial charge in [-0.1, -0.05) is 29.5 Å². The largest absolute Gasteiger partial charge is 0.398 e. The first kappa shape index (κ1) is 16.4. The number of thiazole rings is 1. The predicted molar refractivity (Wildman–Crippen MR) is 97.0 cm³/mol. The molecule has 124 valence electrons. The lowest BCUT2D eigenvalue weighted by Crippen LogP contribution is -2.01. The van der Waals surface area contributed by atoms with Crippen LogP contribution < -0.4 is 5.73 Å². The van der Waals surface area contributed by atoms with E-state index in [2.05, 4.69) is 4.98 Å². The minimum Gasteiger partial charge on any atom is -0.398 e. The summed E-state index contributed by atoms with van der Waals surface area (Å²) in [4.78, 5) is 18.5. The van der Waals surface area contributed by atoms with Crippen molar-refractivity contribution in [3.8, 4) is 0 Å². The highest BCUT2D eigenvalue weighted by atomic mass is 32.1. The molecule has 5 nitrogen and oxygen atoms in total. The van der Waals surface area contributed by atoms with Crippen molar-refractivity contribution < 1.29 is 9.53 Å². The molecule has 0 fully saturated rings. The number of ether oxygens (including phenoxy) is 1. The van der Waals surface area contributed by atoms with Crippen LogP contribution >= 0.6 is 11.3 Å². The van der Waals surface area contributed by atoms with Gasteiger partial charge in [0.2, 0.25) is 0 Å². The topological polar surface area (TPSA) is 69.6 Å². The van der Waals surface area contributed by atoms with E-state index in [0.717, 1.165) is 21.1 Å². The first-order valence-corrected chi connectivity index (χ1v) is 8.57. The molecule has 2 aromatic heterocycles. The highest BCUT2D eigenvalue weighted by Gasteiger charge is 2.06. The normalized spacial score (nSPS) is 11.5. The second kappa shape index (κ2) is 7.42. The summed E-state index contributed by atoms with van der Waals surface area (Å²) in [7, 11) is 0. The van der Waals surface area contributed by atoms with Gasteiger partial charge in [-0.05, 0) is 30.7 Å². The van der Waals surface area contributed by atoms with Crippen molar-refractivity contribution in [2.45, 2.75) is 20.0 Å². The number of nitrogen functional groups attached to an aromatic ring is 1. The molecule has 0 aliphatic heterocycles. The maximum absolute atomic E-state index is 12.1. The van der Waals surface area contributed by atoms with E-state index < -0.39 is 0 Å². The monoisotopic (exact) mass is 341 g/mol. The van der Waals surface area contributed by atoms with Gasteiger partial charge in [0.25, 0.3) is 0 Å². The van der Waals surface area contributed by atoms with Crippen LogP contribution in [0.5, 0.6) is 0 Å². The zero-order valence-electron chi connectivity index (χ0n) is 13.4. The van der Waals surface area contributed by atoms with Gasteiger partial charge in [-0.3, -0.25) is 9.20 Å². The number of carbonyl (C=O) groups excluding carboxylic acids is 1. The number of nitrogens with zero attached hydrogens (tertiary/aromatic N) is 2. The number of imidazole rings is 1. The van der Waals surface area contributed by atoms with E-state index >= 15 is 0 Å². The Kier molecular flexibility index (Phi) is 5.08. The molecular weight excluding hydrogens is 322 g/mol. The number of hydrogen-bond donors (Lipinski definition) is 1. The number of ketones is 1. The smallest absolute Gasteiger partial charge is 0.194 e. The Bertz CT molecular complexity index is 848. The summed E-state index contributed by atoms with van der Waals surface area (Å²) in [5.41, 5.74) is 8.28. The number of anilines is 1. The second-order valence-corrected chi connectivity index (χ2v) is 6.41. The molecule has 0 aliphatic carbocycles. The maximum atomic E-state index is 12.1. The van der Waals surface area contributed by atoms with Gasteiger partial charge < -0.3 is 10.5 Å². The van der Waals surface area contributed by atoms with Gasteiger partial charge in [0.05, 0.1) is 12.3 Å². The Labute approximate surface area is 144 Å². The van der Waals surface area contributed by atoms with Crippen molar-refractivity contribution in [2.75, 3.05) is 12.3 Å². The molecule has 0 bridgehead atoms. The van der Waals surface area contributed by atoms with E-state index in [9.17, 15) is 4.79 Å². The summed E-state index contributed by atoms with van der Waals surface area (Å²) >= 11 is 1.54. The van der Waals surface area contributed by atoms with Crippen LogP contribution in [0.1, 0.15) is 23.1 Å². The maximum Gasteiger partial charge on any atom is 0.194 e. The van der Waals surface area contributed by atoms with Crippen molar-refractivity contribution in [1.29, 1.82) is 0 Å². The van der Waals surface area contributed by atoms with E-state index in [1.54, 1.807) is 12.1 Å². The lowest BCUT2D eigenvalue weighted by molar-refractivity contribution is -0.113. The number of rotatable bonds is 7. The Morgan fingerprint density at radius 3 is 2.96 bits per heavy atom. The van der Waals surface area contributed by atoms with Crippen LogP contribution in [-0.4, -0.2) is 21.8 Å². The quantitative estimate of drug-likeness (QED) is 0.528. The van der Waals surface area contributed by atoms with Gasteiger partial charge in [-0.25, -0.2) is 4.98 Å². The van der Waals surface area contributed by atoms with E-state index in [4.69, 9.17) is 10.5 Å². The predicted octanol–water partition coefficient (Wildman–Crippen LogP) is 3.34. The Morgan fingerprint density at radius 1 is 1.38 bits per heavy atom. The third-order valence-corrected chi connectivity index (χ3v) is 4.49. The molecule has 2 N–H and O–H groups in total. The Balaban J connectivity index is 1.65. The molecule has 3 rings (SSSR count). The number of nitrogens with two attached hydrogens (primary N) is 1. The van der Waals surface area contributed by atoms with Crippen LogP contribution in [0.2, 0.25) is 0 Å². The molecule has 0 aliphatic rings. The molecule has 24 heavy (non-hydrogen) atoms. The summed E-state index contributed by atoms with van der Waals surface area (Å²) in [5, 5.41) is 0. The van der Waals surface area contributed by atoms with E-state index in [-0.39, 0.29) is 5.78 Å². The fourth-order valence-corrected chi connectivity index (χ4v) is 3.22. The summed E-state index contributed by atoms with van der Waals surface area (Å²) < 4.78 is 7.31. The highest BCUT2D eigenvalue weighted by molar-refractivity contribution is 7.17. The molecule has 0 spiro atoms. The molecule has 0 saturated carbocycles. The molecule has 1 aromatic carbocycles. The van der Waals surface area contributed by atoms with Crippen LogP contribution in [0.4, 0.5) is 5.69 Å². The zero-order chi connectivity index (χ0) is 16.9. The van der Waals surface area contributed by atoms with Crippen molar-refractivity contribution in [3.05, 3.63) is 58.9 Å². The van der Waals surface area contributed by atoms with Crippen molar-refractivity contribution in [3.63, 3.8) is 0 Å². The van der Waals surface area contributed by atoms with Crippen LogP contribution in [0.3, 0.4) is 0 Å². The standard InChI is InChI=1S/C18H19N3O2S/c1-2-23-12-14-10-21-11-16(24-18(21)20-14)8-7-15(22)9-13-5-3-4-6-17(13)19/h3-8,10-11H,2,9,12,19H2,1H3/b8-7+. The number of allylic oxidation sites excluding steroid dienone is 1. The van der Waals surface area contributed by atoms with Crippen molar-refractivity contribution in [2.24, 2.45) is 0 Å². The molecule has 6 heteroatoms. The lowest BCUT2D eigenvalue weighted by Gasteiger charge is -2.01. The Hall–Kier alpha value is -2.44. The minimum atomic E-state index is 0.0241. The SMILES string of the molecule is CCOCc1cn2cc(/C=C/C(=O)Cc3ccccc3N)sc2n1. The molecular formula is C18H19N3O2S. The summed E-state index contributed by atoms with van der Waals surface area (Å²) in [6, 6.07) is 7.43. The minimum absolute atomic E-state index is 0.0241. The van der Waals surface area contributed by atoms with Crippen LogP contribution in [0.25, 0.3) is 11.0 Å². The fourth-order valence-electron chi connectivity index (χ4n) is 2.33. The number of carbonyl (C=O) groups is 1. The van der Waals surface area contributed by atoms with Crippen molar-refractivity contribution >= 4 is 33.8 Å². The molecule has 2 heterocycles. The fraction of sp³-hybridized carbons (Fsp3) is 0.222. The van der Waals surface area contributed by atoms with Crippen molar-refractivity contribution in [1.82, 2.24) is 9.38 Å². The van der Waals surface area contributed by atoms with E-state index in [1.807, 2.05) is 48.0 Å². The zero-order valence-corrected chi connectivity index (χ0v) is 14.3. The summed E-state index contributed by atoms with van der Waals surface area (Å²) in [6.07, 6.45) is 7.64. The number of hydrogen-bond acceptors (Lipinski definition) is 5. The van der Waals surface area contributed by atoms with Gasteiger partial charge in [0.15, 0.2) is 10.7 Å². The van der Waals surface area contributed by atoms with Crippen LogP contribution in [0.15, 0.2) is 42.7 Å². The van der Waals surface area contributed by atoms with Gasteiger partial charge in [-0.15, -0.1) is 0 Å². The van der Waals surface area contributed by atoms with Crippen LogP contribution in [-0.2, 0) is 22.6 Å². The molecule has 0 unspecified atom stereocenters. The third-order valence-electron chi connectivity index (χ3n) is 3.53. The van der Waals surface area contributed by atoms with Gasteiger partial charge in [0.1, 0.15) is 0 Å². The Morgan fingerprint density at radius 2 is 2.21 bits per heavy atom. The number of para-hydroxylation sites is 1. The van der Waals surface area contributed by atoms with Crippen LogP contribution in [0, 0.1) is 0 Å². The summed E-state index contributed by atoms with van der Waals surface area (Å²) in [6.45, 7) is 3.15. The van der Waals surface area contributed by atoms with Gasteiger partial charge in [0, 0.05) is 36.0 Å². The van der Waals surface area contributed by atoms with Gasteiger partial charge in [-0.2, -0.15) is 0 Å². The first-order valence-electron chi connectivity index (χ1n) is 7.75. The molecule has 0 saturated heterocycles. The molecule has 0 amide bonds.